The summed E-state index contributed by atoms with van der Waals surface area (Å²) in [6.07, 6.45) is 0. The van der Waals surface area contributed by atoms with E-state index in [1.807, 2.05) is 5.32 Å². The number of rotatable bonds is 4. The van der Waals surface area contributed by atoms with Crippen LogP contribution < -0.4 is 11.1 Å². The molecule has 0 saturated carbocycles. The van der Waals surface area contributed by atoms with Gasteiger partial charge in [-0.1, -0.05) is 0 Å². The molecule has 0 aliphatic carbocycles. The molecule has 1 aromatic heterocycles. The monoisotopic (exact) mass is 238 g/mol. The zero-order valence-corrected chi connectivity index (χ0v) is 8.35. The van der Waals surface area contributed by atoms with Crippen LogP contribution in [0.5, 0.6) is 0 Å². The molecule has 1 aromatic rings. The third-order valence-corrected chi connectivity index (χ3v) is 1.81. The summed E-state index contributed by atoms with van der Waals surface area (Å²) in [6.45, 7) is -1.66. The molecular weight excluding hydrogens is 230 g/mol. The van der Waals surface area contributed by atoms with Gasteiger partial charge >= 0.3 is 0 Å². The summed E-state index contributed by atoms with van der Waals surface area (Å²) < 4.78 is 30.0. The van der Waals surface area contributed by atoms with Crippen LogP contribution in [0.2, 0.25) is 5.22 Å². The summed E-state index contributed by atoms with van der Waals surface area (Å²) in [5, 5.41) is 2.00. The van der Waals surface area contributed by atoms with E-state index < -0.39 is 24.9 Å². The van der Waals surface area contributed by atoms with Crippen molar-refractivity contribution in [2.24, 2.45) is 5.73 Å². The highest BCUT2D eigenvalue weighted by Crippen LogP contribution is 2.14. The average molecular weight is 239 g/mol. The molecule has 1 amide bonds. The van der Waals surface area contributed by atoms with Crippen LogP contribution in [0, 0.1) is 0 Å². The minimum absolute atomic E-state index is 0.0192. The van der Waals surface area contributed by atoms with Crippen molar-refractivity contribution in [3.8, 4) is 0 Å². The first-order valence-electron chi connectivity index (χ1n) is 4.06. The highest BCUT2D eigenvalue weighted by molar-refractivity contribution is 6.29. The molecule has 15 heavy (non-hydrogen) atoms. The lowest BCUT2D eigenvalue weighted by atomic mass is 10.3. The van der Waals surface area contributed by atoms with Gasteiger partial charge in [-0.05, 0) is 23.7 Å². The number of carbonyl (C=O) groups is 1. The maximum absolute atomic E-state index is 12.6. The molecule has 0 bridgehead atoms. The van der Waals surface area contributed by atoms with Crippen molar-refractivity contribution in [3.05, 3.63) is 23.1 Å². The van der Waals surface area contributed by atoms with Crippen molar-refractivity contribution in [2.75, 3.05) is 13.1 Å². The number of amides is 1. The number of alkyl halides is 2. The van der Waals surface area contributed by atoms with Gasteiger partial charge in [-0.15, -0.1) is 0 Å². The van der Waals surface area contributed by atoms with Gasteiger partial charge in [0.2, 0.25) is 0 Å². The molecule has 1 heterocycles. The summed E-state index contributed by atoms with van der Waals surface area (Å²) >= 11 is 5.41. The summed E-state index contributed by atoms with van der Waals surface area (Å²) in [7, 11) is 0. The summed E-state index contributed by atoms with van der Waals surface area (Å²) in [6, 6.07) is 2.63. The summed E-state index contributed by atoms with van der Waals surface area (Å²) in [4.78, 5) is 11.2. The van der Waals surface area contributed by atoms with E-state index in [0.29, 0.717) is 0 Å². The van der Waals surface area contributed by atoms with Crippen molar-refractivity contribution in [1.82, 2.24) is 5.32 Å². The molecule has 3 N–H and O–H groups in total. The Kier molecular flexibility index (Phi) is 3.65. The largest absolute Gasteiger partial charge is 0.440 e. The molecule has 84 valence electrons. The van der Waals surface area contributed by atoms with Crippen molar-refractivity contribution < 1.29 is 18.0 Å². The molecule has 0 fully saturated rings. The Morgan fingerprint density at radius 3 is 2.73 bits per heavy atom. The van der Waals surface area contributed by atoms with E-state index >= 15 is 0 Å². The summed E-state index contributed by atoms with van der Waals surface area (Å²) in [5.41, 5.74) is 4.79. The van der Waals surface area contributed by atoms with Crippen molar-refractivity contribution >= 4 is 17.5 Å². The SMILES string of the molecule is NCC(F)(F)CNC(=O)c1ccc(Cl)o1. The first-order chi connectivity index (χ1) is 6.94. The molecule has 4 nitrogen and oxygen atoms in total. The van der Waals surface area contributed by atoms with Gasteiger partial charge in [-0.3, -0.25) is 4.79 Å². The van der Waals surface area contributed by atoms with E-state index in [1.54, 1.807) is 0 Å². The molecule has 0 spiro atoms. The lowest BCUT2D eigenvalue weighted by molar-refractivity contribution is 0.0116. The molecule has 0 aliphatic rings. The topological polar surface area (TPSA) is 68.3 Å². The predicted molar refractivity (Wildman–Crippen MR) is 50.1 cm³/mol. The first-order valence-corrected chi connectivity index (χ1v) is 4.44. The van der Waals surface area contributed by atoms with Crippen LogP contribution in [0.25, 0.3) is 0 Å². The fourth-order valence-electron chi connectivity index (χ4n) is 0.805. The Morgan fingerprint density at radius 1 is 1.60 bits per heavy atom. The van der Waals surface area contributed by atoms with Gasteiger partial charge < -0.3 is 15.5 Å². The highest BCUT2D eigenvalue weighted by Gasteiger charge is 2.27. The zero-order valence-electron chi connectivity index (χ0n) is 7.60. The number of nitrogens with one attached hydrogen (secondary N) is 1. The zero-order chi connectivity index (χ0) is 11.5. The molecule has 7 heteroatoms. The van der Waals surface area contributed by atoms with Crippen LogP contribution in [0.4, 0.5) is 8.78 Å². The number of carbonyl (C=O) groups excluding carboxylic acids is 1. The van der Waals surface area contributed by atoms with Gasteiger partial charge in [0.05, 0.1) is 13.1 Å². The van der Waals surface area contributed by atoms with Crippen LogP contribution >= 0.6 is 11.6 Å². The summed E-state index contributed by atoms with van der Waals surface area (Å²) in [5.74, 6) is -3.99. The fourth-order valence-corrected chi connectivity index (χ4v) is 0.951. The van der Waals surface area contributed by atoms with Crippen molar-refractivity contribution in [3.63, 3.8) is 0 Å². The van der Waals surface area contributed by atoms with Crippen LogP contribution in [0.3, 0.4) is 0 Å². The number of hydrogen-bond acceptors (Lipinski definition) is 3. The smallest absolute Gasteiger partial charge is 0.287 e. The standard InChI is InChI=1S/C8H9ClF2N2O2/c9-6-2-1-5(15-6)7(14)13-4-8(10,11)3-12/h1-2H,3-4,12H2,(H,13,14). The van der Waals surface area contributed by atoms with Gasteiger partial charge in [-0.25, -0.2) is 8.78 Å². The van der Waals surface area contributed by atoms with Crippen LogP contribution in [-0.4, -0.2) is 24.9 Å². The number of hydrogen-bond donors (Lipinski definition) is 2. The Labute approximate surface area is 89.4 Å². The molecule has 0 radical (unpaired) electrons. The van der Waals surface area contributed by atoms with Gasteiger partial charge in [0.25, 0.3) is 11.8 Å². The second-order valence-electron chi connectivity index (χ2n) is 2.85. The van der Waals surface area contributed by atoms with Crippen molar-refractivity contribution in [2.45, 2.75) is 5.92 Å². The molecule has 0 aliphatic heterocycles. The van der Waals surface area contributed by atoms with Crippen molar-refractivity contribution in [1.29, 1.82) is 0 Å². The van der Waals surface area contributed by atoms with Crippen LogP contribution in [0.1, 0.15) is 10.6 Å². The van der Waals surface area contributed by atoms with E-state index in [-0.39, 0.29) is 11.0 Å². The Balaban J connectivity index is 2.50. The Morgan fingerprint density at radius 2 is 2.27 bits per heavy atom. The third-order valence-electron chi connectivity index (χ3n) is 1.60. The number of halogens is 3. The minimum atomic E-state index is -3.12. The predicted octanol–water partition coefficient (Wildman–Crippen LogP) is 1.26. The van der Waals surface area contributed by atoms with Gasteiger partial charge in [-0.2, -0.15) is 0 Å². The van der Waals surface area contributed by atoms with E-state index in [9.17, 15) is 13.6 Å². The Bertz CT molecular complexity index is 354. The average Bonchev–Trinajstić information content (AvgIpc) is 2.61. The third kappa shape index (κ3) is 3.49. The lowest BCUT2D eigenvalue weighted by Gasteiger charge is -2.13. The van der Waals surface area contributed by atoms with Gasteiger partial charge in [0.1, 0.15) is 0 Å². The molecule has 0 saturated heterocycles. The lowest BCUT2D eigenvalue weighted by Crippen LogP contribution is -2.41. The van der Waals surface area contributed by atoms with E-state index in [0.717, 1.165) is 0 Å². The highest BCUT2D eigenvalue weighted by atomic mass is 35.5. The fraction of sp³-hybridized carbons (Fsp3) is 0.375. The number of furan rings is 1. The Hall–Kier alpha value is -1.14. The van der Waals surface area contributed by atoms with E-state index in [1.165, 1.54) is 12.1 Å². The normalized spacial score (nSPS) is 11.5. The molecule has 0 atom stereocenters. The molecule has 0 unspecified atom stereocenters. The molecule has 1 rings (SSSR count). The van der Waals surface area contributed by atoms with Gasteiger partial charge in [0, 0.05) is 0 Å². The minimum Gasteiger partial charge on any atom is -0.440 e. The second kappa shape index (κ2) is 4.59. The molecule has 0 aromatic carbocycles. The van der Waals surface area contributed by atoms with Crippen LogP contribution in [0.15, 0.2) is 16.5 Å². The maximum atomic E-state index is 12.6. The quantitative estimate of drug-likeness (QED) is 0.830. The van der Waals surface area contributed by atoms with Gasteiger partial charge in [0.15, 0.2) is 11.0 Å². The first kappa shape index (κ1) is 11.9. The van der Waals surface area contributed by atoms with E-state index in [4.69, 9.17) is 21.8 Å². The van der Waals surface area contributed by atoms with E-state index in [2.05, 4.69) is 0 Å². The number of nitrogens with two attached hydrogens (primary N) is 1. The maximum Gasteiger partial charge on any atom is 0.287 e. The second-order valence-corrected chi connectivity index (χ2v) is 3.22. The molecular formula is C8H9ClF2N2O2. The van der Waals surface area contributed by atoms with Crippen LogP contribution in [-0.2, 0) is 0 Å².